The van der Waals surface area contributed by atoms with Crippen LogP contribution in [0.4, 0.5) is 0 Å². The number of hydrogen-bond donors (Lipinski definition) is 0. The van der Waals surface area contributed by atoms with Gasteiger partial charge in [0.05, 0.1) is 19.0 Å². The number of benzene rings is 2. The molecule has 6 nitrogen and oxygen atoms in total. The molecule has 6 heteroatoms. The molecule has 0 N–H and O–H groups in total. The van der Waals surface area contributed by atoms with Crippen molar-refractivity contribution < 1.29 is 9.53 Å². The third-order valence-electron chi connectivity index (χ3n) is 5.57. The quantitative estimate of drug-likeness (QED) is 0.607. The molecule has 1 aliphatic heterocycles. The van der Waals surface area contributed by atoms with Gasteiger partial charge in [0.1, 0.15) is 5.75 Å². The number of carbonyl (C=O) groups excluding carboxylic acids is 1. The van der Waals surface area contributed by atoms with Crippen LogP contribution >= 0.6 is 0 Å². The first-order valence-electron chi connectivity index (χ1n) is 10.4. The molecule has 0 atom stereocenters. The molecule has 1 fully saturated rings. The highest BCUT2D eigenvalue weighted by atomic mass is 16.5. The topological polar surface area (TPSA) is 50.6 Å². The lowest BCUT2D eigenvalue weighted by Crippen LogP contribution is -2.48. The predicted molar refractivity (Wildman–Crippen MR) is 117 cm³/mol. The summed E-state index contributed by atoms with van der Waals surface area (Å²) in [5.74, 6) is 1.11. The van der Waals surface area contributed by atoms with Crippen molar-refractivity contribution in [1.29, 1.82) is 0 Å². The van der Waals surface area contributed by atoms with Crippen molar-refractivity contribution in [2.45, 2.75) is 19.4 Å². The van der Waals surface area contributed by atoms with Crippen molar-refractivity contribution in [3.05, 3.63) is 78.1 Å². The van der Waals surface area contributed by atoms with Crippen LogP contribution in [0.2, 0.25) is 0 Å². The smallest absolute Gasteiger partial charge is 0.222 e. The number of hydrogen-bond acceptors (Lipinski definition) is 4. The summed E-state index contributed by atoms with van der Waals surface area (Å²) in [6, 6.07) is 18.2. The van der Waals surface area contributed by atoms with Crippen LogP contribution in [0.3, 0.4) is 0 Å². The van der Waals surface area contributed by atoms with Crippen LogP contribution < -0.4 is 4.74 Å². The van der Waals surface area contributed by atoms with Gasteiger partial charge in [-0.3, -0.25) is 9.69 Å². The predicted octanol–water partition coefficient (Wildman–Crippen LogP) is 3.16. The molecule has 4 rings (SSSR count). The van der Waals surface area contributed by atoms with Gasteiger partial charge in [0, 0.05) is 45.3 Å². The van der Waals surface area contributed by atoms with Crippen molar-refractivity contribution >= 4 is 5.91 Å². The van der Waals surface area contributed by atoms with Crippen LogP contribution in [0.1, 0.15) is 17.5 Å². The highest BCUT2D eigenvalue weighted by molar-refractivity contribution is 5.76. The minimum absolute atomic E-state index is 0.228. The Morgan fingerprint density at radius 1 is 0.967 bits per heavy atom. The van der Waals surface area contributed by atoms with Crippen molar-refractivity contribution in [3.8, 4) is 11.4 Å². The number of nitrogens with zero attached hydrogens (tertiary/aromatic N) is 4. The zero-order chi connectivity index (χ0) is 20.8. The average Bonchev–Trinajstić information content (AvgIpc) is 3.28. The Balaban J connectivity index is 1.22. The van der Waals surface area contributed by atoms with Gasteiger partial charge in [-0.15, -0.1) is 0 Å². The zero-order valence-corrected chi connectivity index (χ0v) is 17.4. The second-order valence-corrected chi connectivity index (χ2v) is 7.63. The summed E-state index contributed by atoms with van der Waals surface area (Å²) in [4.78, 5) is 17.0. The van der Waals surface area contributed by atoms with E-state index in [0.717, 1.165) is 56.1 Å². The van der Waals surface area contributed by atoms with Gasteiger partial charge in [-0.1, -0.05) is 30.3 Å². The number of aryl methyl sites for hydroxylation is 1. The SMILES string of the molecule is COc1ccc(CN2CCN(C(=O)CCc3cnn(-c4ccccc4)c3)CC2)cc1. The van der Waals surface area contributed by atoms with E-state index in [1.165, 1.54) is 5.56 Å². The van der Waals surface area contributed by atoms with Gasteiger partial charge in [0.2, 0.25) is 5.91 Å². The molecule has 1 saturated heterocycles. The van der Waals surface area contributed by atoms with E-state index in [1.54, 1.807) is 7.11 Å². The van der Waals surface area contributed by atoms with Crippen LogP contribution in [0, 0.1) is 0 Å². The van der Waals surface area contributed by atoms with Gasteiger partial charge < -0.3 is 9.64 Å². The number of aromatic nitrogens is 2. The zero-order valence-electron chi connectivity index (χ0n) is 17.4. The van der Waals surface area contributed by atoms with Crippen molar-refractivity contribution in [1.82, 2.24) is 19.6 Å². The maximum absolute atomic E-state index is 12.7. The van der Waals surface area contributed by atoms with E-state index in [0.29, 0.717) is 6.42 Å². The van der Waals surface area contributed by atoms with E-state index >= 15 is 0 Å². The second-order valence-electron chi connectivity index (χ2n) is 7.63. The Hall–Kier alpha value is -3.12. The van der Waals surface area contributed by atoms with Crippen molar-refractivity contribution in [2.75, 3.05) is 33.3 Å². The summed E-state index contributed by atoms with van der Waals surface area (Å²) in [6.07, 6.45) is 5.11. The monoisotopic (exact) mass is 404 g/mol. The molecular weight excluding hydrogens is 376 g/mol. The third-order valence-corrected chi connectivity index (χ3v) is 5.57. The molecule has 0 saturated carbocycles. The first-order valence-corrected chi connectivity index (χ1v) is 10.4. The fourth-order valence-electron chi connectivity index (χ4n) is 3.77. The Bertz CT molecular complexity index is 945. The highest BCUT2D eigenvalue weighted by Gasteiger charge is 2.21. The molecule has 0 radical (unpaired) electrons. The summed E-state index contributed by atoms with van der Waals surface area (Å²) < 4.78 is 7.07. The minimum Gasteiger partial charge on any atom is -0.497 e. The number of amides is 1. The van der Waals surface area contributed by atoms with Gasteiger partial charge >= 0.3 is 0 Å². The van der Waals surface area contributed by atoms with E-state index in [-0.39, 0.29) is 5.91 Å². The van der Waals surface area contributed by atoms with Crippen molar-refractivity contribution in [3.63, 3.8) is 0 Å². The van der Waals surface area contributed by atoms with E-state index in [4.69, 9.17) is 4.74 Å². The van der Waals surface area contributed by atoms with E-state index in [9.17, 15) is 4.79 Å². The molecule has 0 spiro atoms. The van der Waals surface area contributed by atoms with Crippen LogP contribution in [0.15, 0.2) is 67.0 Å². The van der Waals surface area contributed by atoms with Crippen LogP contribution in [-0.4, -0.2) is 58.8 Å². The Kier molecular flexibility index (Phi) is 6.44. The Morgan fingerprint density at radius 3 is 2.40 bits per heavy atom. The fraction of sp³-hybridized carbons (Fsp3) is 0.333. The summed E-state index contributed by atoms with van der Waals surface area (Å²) in [5, 5.41) is 4.41. The molecule has 30 heavy (non-hydrogen) atoms. The maximum atomic E-state index is 12.7. The highest BCUT2D eigenvalue weighted by Crippen LogP contribution is 2.15. The fourth-order valence-corrected chi connectivity index (χ4v) is 3.77. The minimum atomic E-state index is 0.228. The number of rotatable bonds is 7. The first kappa shape index (κ1) is 20.2. The molecule has 2 heterocycles. The first-order chi connectivity index (χ1) is 14.7. The summed E-state index contributed by atoms with van der Waals surface area (Å²) in [6.45, 7) is 4.30. The molecule has 0 aliphatic carbocycles. The maximum Gasteiger partial charge on any atom is 0.222 e. The van der Waals surface area contributed by atoms with E-state index in [2.05, 4.69) is 22.1 Å². The molecular formula is C24H28N4O2. The molecule has 0 unspecified atom stereocenters. The largest absolute Gasteiger partial charge is 0.497 e. The Morgan fingerprint density at radius 2 is 1.70 bits per heavy atom. The average molecular weight is 405 g/mol. The lowest BCUT2D eigenvalue weighted by molar-refractivity contribution is -0.133. The van der Waals surface area contributed by atoms with Crippen LogP contribution in [0.25, 0.3) is 5.69 Å². The number of piperazine rings is 1. The Labute approximate surface area is 177 Å². The second kappa shape index (κ2) is 9.59. The molecule has 1 aliphatic rings. The molecule has 3 aromatic rings. The number of ether oxygens (including phenoxy) is 1. The number of para-hydroxylation sites is 1. The third kappa shape index (κ3) is 5.07. The molecule has 2 aromatic carbocycles. The standard InChI is InChI=1S/C24H28N4O2/c1-30-23-10-7-20(8-11-23)18-26-13-15-27(16-14-26)24(29)12-9-21-17-25-28(19-21)22-5-3-2-4-6-22/h2-8,10-11,17,19H,9,12-16,18H2,1H3. The molecule has 0 bridgehead atoms. The number of carbonyl (C=O) groups is 1. The van der Waals surface area contributed by atoms with E-state index in [1.807, 2.05) is 64.4 Å². The molecule has 1 amide bonds. The van der Waals surface area contributed by atoms with E-state index < -0.39 is 0 Å². The van der Waals surface area contributed by atoms with Gasteiger partial charge in [-0.05, 0) is 41.8 Å². The summed E-state index contributed by atoms with van der Waals surface area (Å²) >= 11 is 0. The summed E-state index contributed by atoms with van der Waals surface area (Å²) in [5.41, 5.74) is 3.39. The lowest BCUT2D eigenvalue weighted by atomic mass is 10.1. The normalized spacial score (nSPS) is 14.6. The van der Waals surface area contributed by atoms with Gasteiger partial charge in [0.25, 0.3) is 0 Å². The van der Waals surface area contributed by atoms with Crippen LogP contribution in [-0.2, 0) is 17.8 Å². The van der Waals surface area contributed by atoms with Gasteiger partial charge in [0.15, 0.2) is 0 Å². The molecule has 1 aromatic heterocycles. The molecule has 156 valence electrons. The van der Waals surface area contributed by atoms with Crippen molar-refractivity contribution in [2.24, 2.45) is 0 Å². The van der Waals surface area contributed by atoms with Crippen LogP contribution in [0.5, 0.6) is 5.75 Å². The van der Waals surface area contributed by atoms with Gasteiger partial charge in [-0.25, -0.2) is 4.68 Å². The summed E-state index contributed by atoms with van der Waals surface area (Å²) in [7, 11) is 1.68. The van der Waals surface area contributed by atoms with Gasteiger partial charge in [-0.2, -0.15) is 5.10 Å². The number of methoxy groups -OCH3 is 1. The lowest BCUT2D eigenvalue weighted by Gasteiger charge is -2.34.